The van der Waals surface area contributed by atoms with Gasteiger partial charge in [-0.25, -0.2) is 4.79 Å². The second-order valence-corrected chi connectivity index (χ2v) is 5.88. The van der Waals surface area contributed by atoms with Gasteiger partial charge < -0.3 is 14.8 Å². The van der Waals surface area contributed by atoms with Crippen molar-refractivity contribution in [3.05, 3.63) is 23.7 Å². The van der Waals surface area contributed by atoms with Crippen LogP contribution >= 0.6 is 0 Å². The molecule has 110 valence electrons. The first kappa shape index (κ1) is 14.6. The van der Waals surface area contributed by atoms with Gasteiger partial charge in [0.05, 0.1) is 0 Å². The summed E-state index contributed by atoms with van der Waals surface area (Å²) in [5, 5.41) is 11.6. The molecule has 0 radical (unpaired) electrons. The maximum atomic E-state index is 12.0. The topological polar surface area (TPSA) is 79.5 Å². The Balaban J connectivity index is 1.92. The zero-order chi connectivity index (χ0) is 14.6. The molecule has 2 N–H and O–H groups in total. The Kier molecular flexibility index (Phi) is 4.47. The molecule has 1 fully saturated rings. The molecule has 0 saturated heterocycles. The van der Waals surface area contributed by atoms with E-state index in [2.05, 4.69) is 12.2 Å². The SMILES string of the molecule is CC1(CNC(=O)c2ccc(C(=O)O)o2)CCCCCC1. The Morgan fingerprint density at radius 3 is 2.35 bits per heavy atom. The van der Waals surface area contributed by atoms with E-state index in [1.54, 1.807) is 0 Å². The number of nitrogens with one attached hydrogen (secondary N) is 1. The molecule has 0 spiro atoms. The van der Waals surface area contributed by atoms with Crippen molar-refractivity contribution in [3.63, 3.8) is 0 Å². The number of aromatic carboxylic acids is 1. The number of carbonyl (C=O) groups is 2. The molecule has 1 heterocycles. The van der Waals surface area contributed by atoms with Crippen LogP contribution in [-0.4, -0.2) is 23.5 Å². The fourth-order valence-corrected chi connectivity index (χ4v) is 2.71. The predicted octanol–water partition coefficient (Wildman–Crippen LogP) is 3.07. The molecule has 5 nitrogen and oxygen atoms in total. The van der Waals surface area contributed by atoms with Gasteiger partial charge in [0.2, 0.25) is 5.76 Å². The van der Waals surface area contributed by atoms with Gasteiger partial charge in [0.1, 0.15) is 0 Å². The molecule has 5 heteroatoms. The summed E-state index contributed by atoms with van der Waals surface area (Å²) in [6.45, 7) is 2.80. The van der Waals surface area contributed by atoms with E-state index in [0.717, 1.165) is 12.8 Å². The number of amides is 1. The minimum atomic E-state index is -1.17. The third-order valence-electron chi connectivity index (χ3n) is 4.03. The summed E-state index contributed by atoms with van der Waals surface area (Å²) >= 11 is 0. The first-order valence-electron chi connectivity index (χ1n) is 7.12. The maximum absolute atomic E-state index is 12.0. The van der Waals surface area contributed by atoms with E-state index < -0.39 is 5.97 Å². The molecule has 1 aliphatic rings. The average molecular weight is 279 g/mol. The van der Waals surface area contributed by atoms with Gasteiger partial charge in [0.15, 0.2) is 5.76 Å². The van der Waals surface area contributed by atoms with Crippen molar-refractivity contribution < 1.29 is 19.1 Å². The van der Waals surface area contributed by atoms with Crippen LogP contribution in [0.15, 0.2) is 16.5 Å². The van der Waals surface area contributed by atoms with Gasteiger partial charge in [-0.1, -0.05) is 32.6 Å². The highest BCUT2D eigenvalue weighted by Crippen LogP contribution is 2.33. The van der Waals surface area contributed by atoms with Crippen molar-refractivity contribution >= 4 is 11.9 Å². The molecule has 0 aliphatic heterocycles. The van der Waals surface area contributed by atoms with Gasteiger partial charge >= 0.3 is 5.97 Å². The summed E-state index contributed by atoms with van der Waals surface area (Å²) in [6, 6.07) is 2.69. The van der Waals surface area contributed by atoms with Gasteiger partial charge in [-0.15, -0.1) is 0 Å². The number of carboxylic acids is 1. The molecular weight excluding hydrogens is 258 g/mol. The molecule has 0 atom stereocenters. The minimum absolute atomic E-state index is 0.0552. The van der Waals surface area contributed by atoms with Crippen LogP contribution in [0.2, 0.25) is 0 Å². The van der Waals surface area contributed by atoms with E-state index in [0.29, 0.717) is 6.54 Å². The maximum Gasteiger partial charge on any atom is 0.371 e. The number of hydrogen-bond donors (Lipinski definition) is 2. The number of carbonyl (C=O) groups excluding carboxylic acids is 1. The van der Waals surface area contributed by atoms with Crippen molar-refractivity contribution in [2.75, 3.05) is 6.54 Å². The Hall–Kier alpha value is -1.78. The minimum Gasteiger partial charge on any atom is -0.475 e. The third-order valence-corrected chi connectivity index (χ3v) is 4.03. The lowest BCUT2D eigenvalue weighted by Gasteiger charge is -2.28. The van der Waals surface area contributed by atoms with Crippen LogP contribution in [0.1, 0.15) is 66.6 Å². The van der Waals surface area contributed by atoms with Gasteiger partial charge in [-0.3, -0.25) is 4.79 Å². The highest BCUT2D eigenvalue weighted by Gasteiger charge is 2.26. The molecule has 20 heavy (non-hydrogen) atoms. The van der Waals surface area contributed by atoms with Gasteiger partial charge in [-0.05, 0) is 30.4 Å². The largest absolute Gasteiger partial charge is 0.475 e. The van der Waals surface area contributed by atoms with Crippen molar-refractivity contribution in [1.29, 1.82) is 0 Å². The Morgan fingerprint density at radius 1 is 1.20 bits per heavy atom. The van der Waals surface area contributed by atoms with Crippen LogP contribution in [0.3, 0.4) is 0 Å². The van der Waals surface area contributed by atoms with Gasteiger partial charge in [-0.2, -0.15) is 0 Å². The van der Waals surface area contributed by atoms with Crippen LogP contribution in [0.25, 0.3) is 0 Å². The molecule has 2 rings (SSSR count). The average Bonchev–Trinajstić information content (AvgIpc) is 2.81. The summed E-state index contributed by atoms with van der Waals surface area (Å²) in [6.07, 6.45) is 7.18. The number of carboxylic acid groups (broad SMARTS) is 1. The first-order chi connectivity index (χ1) is 9.50. The number of rotatable bonds is 4. The first-order valence-corrected chi connectivity index (χ1v) is 7.12. The molecule has 1 aliphatic carbocycles. The summed E-state index contributed by atoms with van der Waals surface area (Å²) in [5.41, 5.74) is 0.133. The molecule has 0 bridgehead atoms. The van der Waals surface area contributed by atoms with E-state index in [1.807, 2.05) is 0 Å². The zero-order valence-corrected chi connectivity index (χ0v) is 11.8. The lowest BCUT2D eigenvalue weighted by Crippen LogP contribution is -2.35. The second-order valence-electron chi connectivity index (χ2n) is 5.88. The van der Waals surface area contributed by atoms with E-state index in [4.69, 9.17) is 9.52 Å². The van der Waals surface area contributed by atoms with Crippen molar-refractivity contribution in [1.82, 2.24) is 5.32 Å². The van der Waals surface area contributed by atoms with E-state index in [1.165, 1.54) is 37.8 Å². The highest BCUT2D eigenvalue weighted by molar-refractivity contribution is 5.93. The normalized spacial score (nSPS) is 18.2. The fourth-order valence-electron chi connectivity index (χ4n) is 2.71. The Labute approximate surface area is 118 Å². The van der Waals surface area contributed by atoms with Crippen LogP contribution in [-0.2, 0) is 0 Å². The molecular formula is C15H21NO4. The third kappa shape index (κ3) is 3.62. The standard InChI is InChI=1S/C15H21NO4/c1-15(8-4-2-3-5-9-15)10-16-13(17)11-6-7-12(20-11)14(18)19/h6-7H,2-5,8-10H2,1H3,(H,16,17)(H,18,19). The monoisotopic (exact) mass is 279 g/mol. The zero-order valence-electron chi connectivity index (χ0n) is 11.8. The number of hydrogen-bond acceptors (Lipinski definition) is 3. The van der Waals surface area contributed by atoms with Crippen molar-refractivity contribution in [2.45, 2.75) is 45.4 Å². The molecule has 0 aromatic carbocycles. The summed E-state index contributed by atoms with van der Waals surface area (Å²) in [7, 11) is 0. The highest BCUT2D eigenvalue weighted by atomic mass is 16.4. The smallest absolute Gasteiger partial charge is 0.371 e. The number of furan rings is 1. The van der Waals surface area contributed by atoms with E-state index >= 15 is 0 Å². The fraction of sp³-hybridized carbons (Fsp3) is 0.600. The summed E-state index contributed by atoms with van der Waals surface area (Å²) < 4.78 is 4.99. The van der Waals surface area contributed by atoms with Crippen LogP contribution < -0.4 is 5.32 Å². The molecule has 1 saturated carbocycles. The van der Waals surface area contributed by atoms with Crippen LogP contribution in [0, 0.1) is 5.41 Å². The molecule has 0 unspecified atom stereocenters. The molecule has 1 aromatic rings. The second kappa shape index (κ2) is 6.11. The summed E-state index contributed by atoms with van der Waals surface area (Å²) in [4.78, 5) is 22.7. The van der Waals surface area contributed by atoms with E-state index in [9.17, 15) is 9.59 Å². The van der Waals surface area contributed by atoms with Gasteiger partial charge in [0, 0.05) is 6.54 Å². The lowest BCUT2D eigenvalue weighted by atomic mass is 9.82. The molecule has 1 amide bonds. The van der Waals surface area contributed by atoms with Crippen LogP contribution in [0.4, 0.5) is 0 Å². The molecule has 1 aromatic heterocycles. The van der Waals surface area contributed by atoms with Crippen LogP contribution in [0.5, 0.6) is 0 Å². The summed E-state index contributed by atoms with van der Waals surface area (Å²) in [5.74, 6) is -1.67. The van der Waals surface area contributed by atoms with Crippen molar-refractivity contribution in [2.24, 2.45) is 5.41 Å². The van der Waals surface area contributed by atoms with Crippen molar-refractivity contribution in [3.8, 4) is 0 Å². The van der Waals surface area contributed by atoms with E-state index in [-0.39, 0.29) is 22.8 Å². The lowest BCUT2D eigenvalue weighted by molar-refractivity contribution is 0.0659. The predicted molar refractivity (Wildman–Crippen MR) is 73.8 cm³/mol. The van der Waals surface area contributed by atoms with Gasteiger partial charge in [0.25, 0.3) is 5.91 Å². The Morgan fingerprint density at radius 2 is 1.80 bits per heavy atom. The Bertz CT molecular complexity index is 484. The quantitative estimate of drug-likeness (QED) is 0.830.